The number of hydrogen-bond donors (Lipinski definition) is 2. The number of para-hydroxylation sites is 1. The minimum absolute atomic E-state index is 0.192. The van der Waals surface area contributed by atoms with E-state index in [2.05, 4.69) is 17.6 Å². The Hall–Kier alpha value is -2.82. The average molecular weight is 368 g/mol. The smallest absolute Gasteiger partial charge is 0.265 e. The maximum atomic E-state index is 12.6. The second-order valence-corrected chi connectivity index (χ2v) is 6.67. The molecule has 5 nitrogen and oxygen atoms in total. The van der Waals surface area contributed by atoms with Gasteiger partial charge < -0.3 is 15.4 Å². The van der Waals surface area contributed by atoms with E-state index in [1.54, 1.807) is 31.2 Å². The summed E-state index contributed by atoms with van der Waals surface area (Å²) in [6.07, 6.45) is 1.23. The number of hydrogen-bond acceptors (Lipinski definition) is 3. The van der Waals surface area contributed by atoms with Crippen molar-refractivity contribution < 1.29 is 14.3 Å². The van der Waals surface area contributed by atoms with Gasteiger partial charge in [-0.1, -0.05) is 43.2 Å². The zero-order chi connectivity index (χ0) is 19.8. The van der Waals surface area contributed by atoms with Gasteiger partial charge in [-0.15, -0.1) is 0 Å². The van der Waals surface area contributed by atoms with Gasteiger partial charge in [-0.2, -0.15) is 0 Å². The second-order valence-electron chi connectivity index (χ2n) is 6.67. The zero-order valence-electron chi connectivity index (χ0n) is 16.5. The molecule has 2 aromatic carbocycles. The predicted molar refractivity (Wildman–Crippen MR) is 108 cm³/mol. The number of carbonyl (C=O) groups excluding carboxylic acids is 2. The quantitative estimate of drug-likeness (QED) is 0.685. The number of ether oxygens (including phenoxy) is 1. The van der Waals surface area contributed by atoms with Crippen molar-refractivity contribution in [3.8, 4) is 5.75 Å². The number of rotatable bonds is 8. The van der Waals surface area contributed by atoms with E-state index in [9.17, 15) is 9.59 Å². The van der Waals surface area contributed by atoms with Gasteiger partial charge in [0.15, 0.2) is 6.10 Å². The van der Waals surface area contributed by atoms with Crippen molar-refractivity contribution in [3.63, 3.8) is 0 Å². The molecule has 0 fully saturated rings. The molecule has 0 saturated heterocycles. The van der Waals surface area contributed by atoms with Gasteiger partial charge in [0.25, 0.3) is 11.8 Å². The van der Waals surface area contributed by atoms with Gasteiger partial charge in [0.2, 0.25) is 0 Å². The fourth-order valence-electron chi connectivity index (χ4n) is 2.67. The fraction of sp³-hybridized carbons (Fsp3) is 0.364. The third kappa shape index (κ3) is 5.84. The molecule has 0 aliphatic rings. The minimum atomic E-state index is -0.692. The van der Waals surface area contributed by atoms with E-state index in [1.165, 1.54) is 0 Å². The van der Waals surface area contributed by atoms with Gasteiger partial charge in [0, 0.05) is 6.54 Å². The molecular formula is C22H28N2O3. The van der Waals surface area contributed by atoms with Gasteiger partial charge in [0.1, 0.15) is 5.75 Å². The minimum Gasteiger partial charge on any atom is -0.481 e. The summed E-state index contributed by atoms with van der Waals surface area (Å²) in [5.74, 6) is 0.180. The molecule has 2 aromatic rings. The normalized spacial score (nSPS) is 11.6. The van der Waals surface area contributed by atoms with E-state index < -0.39 is 6.10 Å². The Kier molecular flexibility index (Phi) is 7.41. The molecule has 1 atom stereocenters. The third-order valence-electron chi connectivity index (χ3n) is 4.25. The van der Waals surface area contributed by atoms with Crippen molar-refractivity contribution in [3.05, 3.63) is 59.2 Å². The Morgan fingerprint density at radius 2 is 1.85 bits per heavy atom. The van der Waals surface area contributed by atoms with Crippen LogP contribution in [0.15, 0.2) is 42.5 Å². The van der Waals surface area contributed by atoms with Gasteiger partial charge in [-0.25, -0.2) is 0 Å². The summed E-state index contributed by atoms with van der Waals surface area (Å²) >= 11 is 0. The monoisotopic (exact) mass is 368 g/mol. The summed E-state index contributed by atoms with van der Waals surface area (Å²) < 4.78 is 5.80. The zero-order valence-corrected chi connectivity index (χ0v) is 16.5. The molecule has 27 heavy (non-hydrogen) atoms. The Balaban J connectivity index is 2.05. The van der Waals surface area contributed by atoms with Crippen LogP contribution in [0, 0.1) is 13.8 Å². The summed E-state index contributed by atoms with van der Waals surface area (Å²) in [6.45, 7) is 8.33. The molecule has 0 aliphatic carbocycles. The van der Waals surface area contributed by atoms with Crippen LogP contribution in [0.1, 0.15) is 48.2 Å². The van der Waals surface area contributed by atoms with E-state index >= 15 is 0 Å². The SMILES string of the molecule is CCCCNC(=O)c1ccccc1NC(=O)[C@H](C)Oc1ccc(C)cc1C. The predicted octanol–water partition coefficient (Wildman–Crippen LogP) is 4.24. The largest absolute Gasteiger partial charge is 0.481 e. The van der Waals surface area contributed by atoms with Crippen molar-refractivity contribution in [1.29, 1.82) is 0 Å². The summed E-state index contributed by atoms with van der Waals surface area (Å²) in [5.41, 5.74) is 3.04. The number of carbonyl (C=O) groups is 2. The van der Waals surface area contributed by atoms with Crippen LogP contribution in [0.3, 0.4) is 0 Å². The number of unbranched alkanes of at least 4 members (excludes halogenated alkanes) is 1. The topological polar surface area (TPSA) is 67.4 Å². The van der Waals surface area contributed by atoms with Gasteiger partial charge in [-0.3, -0.25) is 9.59 Å². The lowest BCUT2D eigenvalue weighted by atomic mass is 10.1. The number of benzene rings is 2. The molecule has 2 N–H and O–H groups in total. The number of amides is 2. The van der Waals surface area contributed by atoms with Crippen LogP contribution in [-0.4, -0.2) is 24.5 Å². The van der Waals surface area contributed by atoms with Gasteiger partial charge in [0.05, 0.1) is 11.3 Å². The average Bonchev–Trinajstić information content (AvgIpc) is 2.64. The molecule has 0 aromatic heterocycles. The molecule has 144 valence electrons. The molecule has 2 amide bonds. The van der Waals surface area contributed by atoms with E-state index in [4.69, 9.17) is 4.74 Å². The molecule has 0 heterocycles. The second kappa shape index (κ2) is 9.76. The molecule has 0 radical (unpaired) electrons. The van der Waals surface area contributed by atoms with E-state index in [0.29, 0.717) is 23.5 Å². The standard InChI is InChI=1S/C22H28N2O3/c1-5-6-13-23-22(26)18-9-7-8-10-19(18)24-21(25)17(4)27-20-12-11-15(2)14-16(20)3/h7-12,14,17H,5-6,13H2,1-4H3,(H,23,26)(H,24,25)/t17-/m0/s1. The number of nitrogens with one attached hydrogen (secondary N) is 2. The van der Waals surface area contributed by atoms with Crippen molar-refractivity contribution in [2.45, 2.75) is 46.6 Å². The van der Waals surface area contributed by atoms with Crippen molar-refractivity contribution in [2.24, 2.45) is 0 Å². The highest BCUT2D eigenvalue weighted by molar-refractivity contribution is 6.04. The lowest BCUT2D eigenvalue weighted by Crippen LogP contribution is -2.32. The summed E-state index contributed by atoms with van der Waals surface area (Å²) in [6, 6.07) is 12.8. The van der Waals surface area contributed by atoms with Crippen molar-refractivity contribution in [1.82, 2.24) is 5.32 Å². The maximum Gasteiger partial charge on any atom is 0.265 e. The lowest BCUT2D eigenvalue weighted by Gasteiger charge is -2.18. The van der Waals surface area contributed by atoms with Crippen LogP contribution < -0.4 is 15.4 Å². The molecule has 5 heteroatoms. The van der Waals surface area contributed by atoms with E-state index in [1.807, 2.05) is 32.0 Å². The van der Waals surface area contributed by atoms with Crippen molar-refractivity contribution >= 4 is 17.5 Å². The molecule has 0 bridgehead atoms. The van der Waals surface area contributed by atoms with Crippen LogP contribution in [-0.2, 0) is 4.79 Å². The first-order valence-electron chi connectivity index (χ1n) is 9.34. The molecule has 0 aliphatic heterocycles. The molecule has 0 unspecified atom stereocenters. The first kappa shape index (κ1) is 20.5. The lowest BCUT2D eigenvalue weighted by molar-refractivity contribution is -0.122. The van der Waals surface area contributed by atoms with Crippen LogP contribution in [0.5, 0.6) is 5.75 Å². The Morgan fingerprint density at radius 3 is 2.56 bits per heavy atom. The highest BCUT2D eigenvalue weighted by Gasteiger charge is 2.19. The van der Waals surface area contributed by atoms with Crippen LogP contribution >= 0.6 is 0 Å². The maximum absolute atomic E-state index is 12.6. The molecular weight excluding hydrogens is 340 g/mol. The summed E-state index contributed by atoms with van der Waals surface area (Å²) in [7, 11) is 0. The number of anilines is 1. The first-order valence-corrected chi connectivity index (χ1v) is 9.34. The third-order valence-corrected chi connectivity index (χ3v) is 4.25. The Morgan fingerprint density at radius 1 is 1.11 bits per heavy atom. The van der Waals surface area contributed by atoms with E-state index in [-0.39, 0.29) is 11.8 Å². The van der Waals surface area contributed by atoms with Gasteiger partial charge >= 0.3 is 0 Å². The first-order chi connectivity index (χ1) is 12.9. The van der Waals surface area contributed by atoms with Crippen molar-refractivity contribution in [2.75, 3.05) is 11.9 Å². The van der Waals surface area contributed by atoms with E-state index in [0.717, 1.165) is 24.0 Å². The molecule has 0 saturated carbocycles. The van der Waals surface area contributed by atoms with Crippen LogP contribution in [0.25, 0.3) is 0 Å². The molecule has 0 spiro atoms. The Bertz CT molecular complexity index is 802. The van der Waals surface area contributed by atoms with Crippen LogP contribution in [0.4, 0.5) is 5.69 Å². The van der Waals surface area contributed by atoms with Crippen LogP contribution in [0.2, 0.25) is 0 Å². The Labute approximate surface area is 161 Å². The fourth-order valence-corrected chi connectivity index (χ4v) is 2.67. The highest BCUT2D eigenvalue weighted by atomic mass is 16.5. The highest BCUT2D eigenvalue weighted by Crippen LogP contribution is 2.21. The summed E-state index contributed by atoms with van der Waals surface area (Å²) in [5, 5.41) is 5.68. The molecule has 2 rings (SSSR count). The number of aryl methyl sites for hydroxylation is 2. The van der Waals surface area contributed by atoms with Gasteiger partial charge in [-0.05, 0) is 51.0 Å². The summed E-state index contributed by atoms with van der Waals surface area (Å²) in [4.78, 5) is 24.9.